The molecule has 3 amide bonds. The van der Waals surface area contributed by atoms with E-state index in [0.717, 1.165) is 43.5 Å². The highest BCUT2D eigenvalue weighted by atomic mass is 19.4. The van der Waals surface area contributed by atoms with Gasteiger partial charge in [0.1, 0.15) is 0 Å². The highest BCUT2D eigenvalue weighted by molar-refractivity contribution is 5.96. The van der Waals surface area contributed by atoms with Gasteiger partial charge in [-0.3, -0.25) is 14.4 Å². The van der Waals surface area contributed by atoms with E-state index < -0.39 is 23.6 Å². The van der Waals surface area contributed by atoms with Crippen molar-refractivity contribution >= 4 is 17.7 Å². The number of alkyl halides is 3. The average Bonchev–Trinajstić information content (AvgIpc) is 2.65. The van der Waals surface area contributed by atoms with E-state index in [4.69, 9.17) is 0 Å². The van der Waals surface area contributed by atoms with Gasteiger partial charge in [-0.1, -0.05) is 6.42 Å². The number of amides is 3. The van der Waals surface area contributed by atoms with Crippen molar-refractivity contribution in [3.05, 3.63) is 35.4 Å². The zero-order valence-electron chi connectivity index (χ0n) is 16.4. The predicted molar refractivity (Wildman–Crippen MR) is 101 cm³/mol. The lowest BCUT2D eigenvalue weighted by Gasteiger charge is -2.29. The first kappa shape index (κ1) is 22.7. The predicted octanol–water partition coefficient (Wildman–Crippen LogP) is 2.63. The lowest BCUT2D eigenvalue weighted by molar-refractivity contribution is -0.137. The molecule has 0 aliphatic heterocycles. The van der Waals surface area contributed by atoms with Crippen molar-refractivity contribution in [1.82, 2.24) is 16.0 Å². The molecule has 1 aromatic carbocycles. The molecule has 0 radical (unpaired) electrons. The minimum absolute atomic E-state index is 0.0189. The van der Waals surface area contributed by atoms with E-state index in [2.05, 4.69) is 16.0 Å². The molecular formula is C20H26F3N3O3. The summed E-state index contributed by atoms with van der Waals surface area (Å²) in [7, 11) is 0. The molecule has 2 rings (SSSR count). The molecule has 2 unspecified atom stereocenters. The van der Waals surface area contributed by atoms with Gasteiger partial charge in [0.05, 0.1) is 12.1 Å². The first-order valence-electron chi connectivity index (χ1n) is 9.61. The van der Waals surface area contributed by atoms with Gasteiger partial charge in [-0.15, -0.1) is 0 Å². The minimum atomic E-state index is -4.47. The quantitative estimate of drug-likeness (QED) is 0.670. The lowest BCUT2D eigenvalue weighted by atomic mass is 9.85. The van der Waals surface area contributed by atoms with Crippen LogP contribution in [0.15, 0.2) is 24.3 Å². The van der Waals surface area contributed by atoms with Crippen LogP contribution in [0.3, 0.4) is 0 Å². The Morgan fingerprint density at radius 2 is 1.76 bits per heavy atom. The number of hydrogen-bond donors (Lipinski definition) is 3. The molecule has 1 fully saturated rings. The summed E-state index contributed by atoms with van der Waals surface area (Å²) in [5.74, 6) is -1.21. The summed E-state index contributed by atoms with van der Waals surface area (Å²) >= 11 is 0. The molecule has 160 valence electrons. The van der Waals surface area contributed by atoms with Crippen molar-refractivity contribution in [3.63, 3.8) is 0 Å². The monoisotopic (exact) mass is 413 g/mol. The van der Waals surface area contributed by atoms with Crippen LogP contribution in [0.2, 0.25) is 0 Å². The van der Waals surface area contributed by atoms with Crippen LogP contribution in [-0.4, -0.2) is 36.3 Å². The summed E-state index contributed by atoms with van der Waals surface area (Å²) in [6.45, 7) is 3.48. The number of rotatable bonds is 6. The third kappa shape index (κ3) is 7.07. The molecule has 0 saturated heterocycles. The Morgan fingerprint density at radius 1 is 1.10 bits per heavy atom. The average molecular weight is 413 g/mol. The Bertz CT molecular complexity index is 733. The fraction of sp³-hybridized carbons (Fsp3) is 0.550. The summed E-state index contributed by atoms with van der Waals surface area (Å²) in [6, 6.07) is 3.67. The second-order valence-electron chi connectivity index (χ2n) is 7.55. The SMILES string of the molecule is CC(C)NC(=O)C1CCCC(NC(=O)CNC(=O)c2ccc(C(F)(F)F)cc2)C1. The first-order valence-corrected chi connectivity index (χ1v) is 9.61. The topological polar surface area (TPSA) is 87.3 Å². The number of carbonyl (C=O) groups is 3. The maximum absolute atomic E-state index is 12.6. The molecule has 6 nitrogen and oxygen atoms in total. The van der Waals surface area contributed by atoms with Crippen molar-refractivity contribution in [3.8, 4) is 0 Å². The Hall–Kier alpha value is -2.58. The normalized spacial score (nSPS) is 19.5. The maximum Gasteiger partial charge on any atom is 0.416 e. The number of hydrogen-bond acceptors (Lipinski definition) is 3. The summed E-state index contributed by atoms with van der Waals surface area (Å²) in [5.41, 5.74) is -0.811. The van der Waals surface area contributed by atoms with Gasteiger partial charge in [0.25, 0.3) is 5.91 Å². The summed E-state index contributed by atoms with van der Waals surface area (Å²) in [6.07, 6.45) is -1.59. The molecular weight excluding hydrogens is 387 g/mol. The van der Waals surface area contributed by atoms with Crippen LogP contribution in [0.5, 0.6) is 0 Å². The third-order valence-electron chi connectivity index (χ3n) is 4.72. The zero-order chi connectivity index (χ0) is 21.6. The van der Waals surface area contributed by atoms with Crippen molar-refractivity contribution in [1.29, 1.82) is 0 Å². The fourth-order valence-corrected chi connectivity index (χ4v) is 3.31. The van der Waals surface area contributed by atoms with Gasteiger partial charge in [-0.2, -0.15) is 13.2 Å². The van der Waals surface area contributed by atoms with Crippen LogP contribution in [-0.2, 0) is 15.8 Å². The van der Waals surface area contributed by atoms with Crippen LogP contribution in [0.25, 0.3) is 0 Å². The molecule has 0 aromatic heterocycles. The minimum Gasteiger partial charge on any atom is -0.354 e. The molecule has 0 bridgehead atoms. The maximum atomic E-state index is 12.6. The molecule has 0 spiro atoms. The summed E-state index contributed by atoms with van der Waals surface area (Å²) in [5, 5.41) is 8.08. The van der Waals surface area contributed by atoms with Crippen LogP contribution >= 0.6 is 0 Å². The van der Waals surface area contributed by atoms with E-state index in [1.165, 1.54) is 0 Å². The highest BCUT2D eigenvalue weighted by Crippen LogP contribution is 2.29. The van der Waals surface area contributed by atoms with Crippen molar-refractivity contribution in [2.45, 2.75) is 57.8 Å². The van der Waals surface area contributed by atoms with Crippen molar-refractivity contribution in [2.24, 2.45) is 5.92 Å². The Balaban J connectivity index is 1.80. The molecule has 29 heavy (non-hydrogen) atoms. The fourth-order valence-electron chi connectivity index (χ4n) is 3.31. The van der Waals surface area contributed by atoms with Crippen molar-refractivity contribution < 1.29 is 27.6 Å². The Morgan fingerprint density at radius 3 is 2.34 bits per heavy atom. The highest BCUT2D eigenvalue weighted by Gasteiger charge is 2.30. The number of benzene rings is 1. The van der Waals surface area contributed by atoms with Crippen LogP contribution in [0.1, 0.15) is 55.5 Å². The van der Waals surface area contributed by atoms with Gasteiger partial charge in [-0.05, 0) is 57.4 Å². The molecule has 9 heteroatoms. The van der Waals surface area contributed by atoms with Gasteiger partial charge in [0.2, 0.25) is 11.8 Å². The number of halogens is 3. The van der Waals surface area contributed by atoms with E-state index in [-0.39, 0.29) is 36.0 Å². The second kappa shape index (κ2) is 9.76. The van der Waals surface area contributed by atoms with E-state index in [9.17, 15) is 27.6 Å². The van der Waals surface area contributed by atoms with Crippen molar-refractivity contribution in [2.75, 3.05) is 6.54 Å². The van der Waals surface area contributed by atoms with Gasteiger partial charge >= 0.3 is 6.18 Å². The lowest BCUT2D eigenvalue weighted by Crippen LogP contribution is -2.46. The molecule has 1 saturated carbocycles. The summed E-state index contributed by atoms with van der Waals surface area (Å²) < 4.78 is 37.7. The summed E-state index contributed by atoms with van der Waals surface area (Å²) in [4.78, 5) is 36.3. The van der Waals surface area contributed by atoms with E-state index in [0.29, 0.717) is 6.42 Å². The molecule has 1 aromatic rings. The smallest absolute Gasteiger partial charge is 0.354 e. The van der Waals surface area contributed by atoms with Crippen LogP contribution in [0, 0.1) is 5.92 Å². The zero-order valence-corrected chi connectivity index (χ0v) is 16.4. The molecule has 3 N–H and O–H groups in total. The van der Waals surface area contributed by atoms with E-state index in [1.807, 2.05) is 13.8 Å². The standard InChI is InChI=1S/C20H26F3N3O3/c1-12(2)25-19(29)14-4-3-5-16(10-14)26-17(27)11-24-18(28)13-6-8-15(9-7-13)20(21,22)23/h6-9,12,14,16H,3-5,10-11H2,1-2H3,(H,24,28)(H,25,29)(H,26,27). The van der Waals surface area contributed by atoms with Gasteiger partial charge in [0, 0.05) is 23.6 Å². The molecule has 1 aliphatic rings. The molecule has 0 heterocycles. The number of nitrogens with one attached hydrogen (secondary N) is 3. The Kier molecular flexibility index (Phi) is 7.64. The third-order valence-corrected chi connectivity index (χ3v) is 4.72. The molecule has 1 aliphatic carbocycles. The number of carbonyl (C=O) groups excluding carboxylic acids is 3. The largest absolute Gasteiger partial charge is 0.416 e. The van der Waals surface area contributed by atoms with E-state index in [1.54, 1.807) is 0 Å². The Labute approximate surface area is 167 Å². The van der Waals surface area contributed by atoms with Gasteiger partial charge in [0.15, 0.2) is 0 Å². The first-order chi connectivity index (χ1) is 13.6. The van der Waals surface area contributed by atoms with Gasteiger partial charge < -0.3 is 16.0 Å². The second-order valence-corrected chi connectivity index (χ2v) is 7.55. The van der Waals surface area contributed by atoms with Crippen LogP contribution in [0.4, 0.5) is 13.2 Å². The molecule has 2 atom stereocenters. The van der Waals surface area contributed by atoms with E-state index >= 15 is 0 Å². The van der Waals surface area contributed by atoms with Gasteiger partial charge in [-0.25, -0.2) is 0 Å². The van der Waals surface area contributed by atoms with Crippen LogP contribution < -0.4 is 16.0 Å².